The summed E-state index contributed by atoms with van der Waals surface area (Å²) in [6, 6.07) is 14.2. The van der Waals surface area contributed by atoms with Crippen molar-refractivity contribution in [3.8, 4) is 17.2 Å². The van der Waals surface area contributed by atoms with Gasteiger partial charge in [0.05, 0.1) is 32.0 Å². The molecule has 2 aromatic carbocycles. The van der Waals surface area contributed by atoms with Gasteiger partial charge >= 0.3 is 0 Å². The molecule has 6 nitrogen and oxygen atoms in total. The molecule has 1 heterocycles. The Morgan fingerprint density at radius 2 is 1.63 bits per heavy atom. The van der Waals surface area contributed by atoms with Crippen LogP contribution in [0.1, 0.15) is 15.2 Å². The Kier molecular flexibility index (Phi) is 5.52. The van der Waals surface area contributed by atoms with Crippen molar-refractivity contribution < 1.29 is 19.0 Å². The summed E-state index contributed by atoms with van der Waals surface area (Å²) in [7, 11) is 4.75. The Labute approximate surface area is 161 Å². The fraction of sp³-hybridized carbons (Fsp3) is 0.150. The van der Waals surface area contributed by atoms with Crippen LogP contribution in [0.2, 0.25) is 0 Å². The van der Waals surface area contributed by atoms with Crippen LogP contribution in [0.3, 0.4) is 0 Å². The summed E-state index contributed by atoms with van der Waals surface area (Å²) >= 11 is 1.30. The van der Waals surface area contributed by atoms with Gasteiger partial charge in [0.15, 0.2) is 11.5 Å². The van der Waals surface area contributed by atoms with Crippen LogP contribution in [0, 0.1) is 0 Å². The second-order valence-corrected chi connectivity index (χ2v) is 6.70. The predicted octanol–water partition coefficient (Wildman–Crippen LogP) is 4.33. The Morgan fingerprint density at radius 3 is 2.26 bits per heavy atom. The first-order chi connectivity index (χ1) is 13.0. The smallest absolute Gasteiger partial charge is 0.205 e. The third-order valence-corrected chi connectivity index (χ3v) is 5.04. The zero-order valence-electron chi connectivity index (χ0n) is 15.2. The molecule has 0 saturated carbocycles. The van der Waals surface area contributed by atoms with E-state index in [9.17, 15) is 4.79 Å². The number of ether oxygens (including phenoxy) is 3. The first-order valence-corrected chi connectivity index (χ1v) is 8.94. The summed E-state index contributed by atoms with van der Waals surface area (Å²) < 4.78 is 15.7. The lowest BCUT2D eigenvalue weighted by Gasteiger charge is -2.10. The Balaban J connectivity index is 1.82. The number of rotatable bonds is 7. The van der Waals surface area contributed by atoms with Gasteiger partial charge in [0.25, 0.3) is 0 Å². The van der Waals surface area contributed by atoms with Gasteiger partial charge in [0, 0.05) is 17.3 Å². The fourth-order valence-corrected chi connectivity index (χ4v) is 3.54. The van der Waals surface area contributed by atoms with E-state index in [1.807, 2.05) is 18.2 Å². The van der Waals surface area contributed by atoms with Gasteiger partial charge in [-0.15, -0.1) is 11.3 Å². The van der Waals surface area contributed by atoms with E-state index in [4.69, 9.17) is 19.9 Å². The van der Waals surface area contributed by atoms with Crippen molar-refractivity contribution in [2.45, 2.75) is 0 Å². The summed E-state index contributed by atoms with van der Waals surface area (Å²) in [4.78, 5) is 13.2. The lowest BCUT2D eigenvalue weighted by molar-refractivity contribution is 0.104. The Hall–Kier alpha value is -3.19. The molecule has 3 N–H and O–H groups in total. The molecular weight excluding hydrogens is 364 g/mol. The van der Waals surface area contributed by atoms with Crippen LogP contribution in [0.25, 0.3) is 0 Å². The first-order valence-electron chi connectivity index (χ1n) is 8.12. The van der Waals surface area contributed by atoms with Crippen molar-refractivity contribution in [1.82, 2.24) is 0 Å². The summed E-state index contributed by atoms with van der Waals surface area (Å²) in [6.45, 7) is 0. The number of nitrogens with two attached hydrogens (primary N) is 1. The van der Waals surface area contributed by atoms with Gasteiger partial charge in [0.1, 0.15) is 10.6 Å². The van der Waals surface area contributed by atoms with Crippen molar-refractivity contribution in [3.05, 3.63) is 59.0 Å². The van der Waals surface area contributed by atoms with Crippen LogP contribution < -0.4 is 25.3 Å². The quantitative estimate of drug-likeness (QED) is 0.590. The molecule has 0 radical (unpaired) electrons. The number of anilines is 3. The summed E-state index contributed by atoms with van der Waals surface area (Å²) in [5, 5.41) is 4.01. The number of nitrogens with one attached hydrogen (secondary N) is 1. The van der Waals surface area contributed by atoms with Crippen molar-refractivity contribution in [3.63, 3.8) is 0 Å². The molecule has 0 aliphatic carbocycles. The van der Waals surface area contributed by atoms with Crippen molar-refractivity contribution in [2.24, 2.45) is 0 Å². The van der Waals surface area contributed by atoms with Crippen LogP contribution >= 0.6 is 11.3 Å². The Bertz CT molecular complexity index is 951. The SMILES string of the molecule is COc1ccc(C(=O)c2sc(Nc3ccc(OC)c(OC)c3)cc2N)cc1. The highest BCUT2D eigenvalue weighted by atomic mass is 32.1. The largest absolute Gasteiger partial charge is 0.497 e. The molecule has 0 aliphatic rings. The molecule has 0 aliphatic heterocycles. The molecule has 0 unspecified atom stereocenters. The number of carbonyl (C=O) groups excluding carboxylic acids is 1. The number of hydrogen-bond donors (Lipinski definition) is 2. The van der Waals surface area contributed by atoms with E-state index in [1.54, 1.807) is 51.7 Å². The standard InChI is InChI=1S/C20H20N2O4S/c1-24-14-7-4-12(5-8-14)19(23)20-15(21)11-18(27-20)22-13-6-9-16(25-2)17(10-13)26-3/h4-11,22H,21H2,1-3H3. The van der Waals surface area contributed by atoms with Gasteiger partial charge in [-0.05, 0) is 42.5 Å². The predicted molar refractivity (Wildman–Crippen MR) is 108 cm³/mol. The second kappa shape index (κ2) is 8.01. The summed E-state index contributed by atoms with van der Waals surface area (Å²) in [5.74, 6) is 1.83. The lowest BCUT2D eigenvalue weighted by Crippen LogP contribution is -2.01. The third-order valence-electron chi connectivity index (χ3n) is 3.97. The van der Waals surface area contributed by atoms with Crippen LogP contribution in [0.5, 0.6) is 17.2 Å². The van der Waals surface area contributed by atoms with Crippen LogP contribution in [-0.2, 0) is 0 Å². The average Bonchev–Trinajstić information content (AvgIpc) is 3.07. The number of hydrogen-bond acceptors (Lipinski definition) is 7. The minimum atomic E-state index is -0.125. The first kappa shape index (κ1) is 18.6. The van der Waals surface area contributed by atoms with Crippen molar-refractivity contribution in [1.29, 1.82) is 0 Å². The van der Waals surface area contributed by atoms with Crippen LogP contribution in [0.4, 0.5) is 16.4 Å². The molecule has 0 amide bonds. The third kappa shape index (κ3) is 3.98. The number of methoxy groups -OCH3 is 3. The van der Waals surface area contributed by atoms with Gasteiger partial charge < -0.3 is 25.3 Å². The molecule has 0 saturated heterocycles. The van der Waals surface area contributed by atoms with E-state index >= 15 is 0 Å². The summed E-state index contributed by atoms with van der Waals surface area (Å²) in [5.41, 5.74) is 7.87. The number of carbonyl (C=O) groups is 1. The fourth-order valence-electron chi connectivity index (χ4n) is 2.57. The minimum Gasteiger partial charge on any atom is -0.497 e. The second-order valence-electron chi connectivity index (χ2n) is 5.65. The van der Waals surface area contributed by atoms with E-state index in [1.165, 1.54) is 11.3 Å². The van der Waals surface area contributed by atoms with Gasteiger partial charge in [-0.2, -0.15) is 0 Å². The molecule has 0 spiro atoms. The monoisotopic (exact) mass is 384 g/mol. The van der Waals surface area contributed by atoms with Gasteiger partial charge in [0.2, 0.25) is 5.78 Å². The number of benzene rings is 2. The average molecular weight is 384 g/mol. The Morgan fingerprint density at radius 1 is 0.926 bits per heavy atom. The maximum atomic E-state index is 12.7. The molecule has 0 fully saturated rings. The van der Waals surface area contributed by atoms with E-state index in [0.29, 0.717) is 33.4 Å². The molecule has 0 atom stereocenters. The van der Waals surface area contributed by atoms with Crippen molar-refractivity contribution >= 4 is 33.5 Å². The topological polar surface area (TPSA) is 82.8 Å². The van der Waals surface area contributed by atoms with Crippen LogP contribution in [0.15, 0.2) is 48.5 Å². The lowest BCUT2D eigenvalue weighted by atomic mass is 10.1. The van der Waals surface area contributed by atoms with E-state index < -0.39 is 0 Å². The number of ketones is 1. The minimum absolute atomic E-state index is 0.125. The van der Waals surface area contributed by atoms with Gasteiger partial charge in [-0.3, -0.25) is 4.79 Å². The highest BCUT2D eigenvalue weighted by molar-refractivity contribution is 7.18. The normalized spacial score (nSPS) is 10.3. The molecule has 27 heavy (non-hydrogen) atoms. The molecule has 140 valence electrons. The molecule has 1 aromatic heterocycles. The molecule has 3 aromatic rings. The maximum Gasteiger partial charge on any atom is 0.205 e. The van der Waals surface area contributed by atoms with Crippen molar-refractivity contribution in [2.75, 3.05) is 32.4 Å². The summed E-state index contributed by atoms with van der Waals surface area (Å²) in [6.07, 6.45) is 0. The van der Waals surface area contributed by atoms with E-state index in [2.05, 4.69) is 5.32 Å². The highest BCUT2D eigenvalue weighted by Gasteiger charge is 2.17. The maximum absolute atomic E-state index is 12.7. The van der Waals surface area contributed by atoms with E-state index in [-0.39, 0.29) is 5.78 Å². The zero-order valence-corrected chi connectivity index (χ0v) is 16.1. The zero-order chi connectivity index (χ0) is 19.4. The molecule has 3 rings (SSSR count). The van der Waals surface area contributed by atoms with Gasteiger partial charge in [-0.25, -0.2) is 0 Å². The molecule has 0 bridgehead atoms. The van der Waals surface area contributed by atoms with Crippen LogP contribution in [-0.4, -0.2) is 27.1 Å². The highest BCUT2D eigenvalue weighted by Crippen LogP contribution is 2.36. The van der Waals surface area contributed by atoms with E-state index in [0.717, 1.165) is 10.7 Å². The number of thiophene rings is 1. The van der Waals surface area contributed by atoms with Gasteiger partial charge in [-0.1, -0.05) is 0 Å². The number of nitrogen functional groups attached to an aromatic ring is 1. The molecular formula is C20H20N2O4S. The molecule has 7 heteroatoms.